The van der Waals surface area contributed by atoms with E-state index in [0.29, 0.717) is 24.3 Å². The molecule has 0 saturated carbocycles. The molecule has 0 amide bonds. The number of halogens is 1. The summed E-state index contributed by atoms with van der Waals surface area (Å²) in [6.07, 6.45) is -0.243. The minimum absolute atomic E-state index is 0.412. The molecule has 1 heterocycles. The molecule has 0 radical (unpaired) electrons. The molecule has 1 aromatic rings. The Balaban J connectivity index is 2.60. The van der Waals surface area contributed by atoms with Gasteiger partial charge >= 0.3 is 5.97 Å². The summed E-state index contributed by atoms with van der Waals surface area (Å²) >= 11 is 3.42. The first-order chi connectivity index (χ1) is 7.65. The van der Waals surface area contributed by atoms with Crippen molar-refractivity contribution >= 4 is 21.9 Å². The summed E-state index contributed by atoms with van der Waals surface area (Å²) in [5.41, 5.74) is 1.58. The summed E-state index contributed by atoms with van der Waals surface area (Å²) in [6, 6.07) is 3.61. The molecule has 1 N–H and O–H groups in total. The second kappa shape index (κ2) is 4.43. The molecule has 0 fully saturated rings. The van der Waals surface area contributed by atoms with Crippen molar-refractivity contribution in [1.82, 2.24) is 0 Å². The molecule has 0 aromatic heterocycles. The van der Waals surface area contributed by atoms with Gasteiger partial charge in [0.15, 0.2) is 6.10 Å². The predicted octanol–water partition coefficient (Wildman–Crippen LogP) is 2.16. The minimum Gasteiger partial charge on any atom is -0.496 e. The SMILES string of the molecule is COc1ccc(Br)c2c1C(C(=O)O)OCC2. The van der Waals surface area contributed by atoms with E-state index in [2.05, 4.69) is 15.9 Å². The highest BCUT2D eigenvalue weighted by atomic mass is 79.9. The van der Waals surface area contributed by atoms with Crippen LogP contribution in [0.1, 0.15) is 17.2 Å². The van der Waals surface area contributed by atoms with E-state index in [1.165, 1.54) is 7.11 Å². The first-order valence-electron chi connectivity index (χ1n) is 4.85. The summed E-state index contributed by atoms with van der Waals surface area (Å²) in [4.78, 5) is 11.1. The Labute approximate surface area is 101 Å². The smallest absolute Gasteiger partial charge is 0.337 e. The van der Waals surface area contributed by atoms with Gasteiger partial charge < -0.3 is 14.6 Å². The Morgan fingerprint density at radius 2 is 2.38 bits per heavy atom. The number of hydrogen-bond acceptors (Lipinski definition) is 3. The average molecular weight is 287 g/mol. The van der Waals surface area contributed by atoms with Crippen LogP contribution in [0.2, 0.25) is 0 Å². The lowest BCUT2D eigenvalue weighted by Gasteiger charge is -2.25. The quantitative estimate of drug-likeness (QED) is 0.905. The fourth-order valence-corrected chi connectivity index (χ4v) is 2.44. The van der Waals surface area contributed by atoms with E-state index >= 15 is 0 Å². The van der Waals surface area contributed by atoms with Gasteiger partial charge in [-0.2, -0.15) is 0 Å². The van der Waals surface area contributed by atoms with Gasteiger partial charge in [0, 0.05) is 10.0 Å². The molecule has 4 nitrogen and oxygen atoms in total. The lowest BCUT2D eigenvalue weighted by molar-refractivity contribution is -0.151. The van der Waals surface area contributed by atoms with Crippen molar-refractivity contribution in [2.24, 2.45) is 0 Å². The lowest BCUT2D eigenvalue weighted by Crippen LogP contribution is -2.24. The van der Waals surface area contributed by atoms with Gasteiger partial charge in [0.05, 0.1) is 13.7 Å². The van der Waals surface area contributed by atoms with Gasteiger partial charge in [0.1, 0.15) is 5.75 Å². The fourth-order valence-electron chi connectivity index (χ4n) is 1.89. The van der Waals surface area contributed by atoms with Crippen molar-refractivity contribution in [3.63, 3.8) is 0 Å². The van der Waals surface area contributed by atoms with E-state index in [0.717, 1.165) is 10.0 Å². The summed E-state index contributed by atoms with van der Waals surface area (Å²) in [6.45, 7) is 0.412. The van der Waals surface area contributed by atoms with Gasteiger partial charge in [0.25, 0.3) is 0 Å². The maximum atomic E-state index is 11.1. The van der Waals surface area contributed by atoms with Crippen LogP contribution in [-0.4, -0.2) is 24.8 Å². The monoisotopic (exact) mass is 286 g/mol. The largest absolute Gasteiger partial charge is 0.496 e. The van der Waals surface area contributed by atoms with Crippen LogP contribution in [0.4, 0.5) is 0 Å². The van der Waals surface area contributed by atoms with Crippen LogP contribution in [0.25, 0.3) is 0 Å². The summed E-state index contributed by atoms with van der Waals surface area (Å²) < 4.78 is 11.3. The topological polar surface area (TPSA) is 55.8 Å². The number of carbonyl (C=O) groups is 1. The third kappa shape index (κ3) is 1.81. The third-order valence-corrected chi connectivity index (χ3v) is 3.35. The van der Waals surface area contributed by atoms with Crippen LogP contribution in [0, 0.1) is 0 Å². The zero-order valence-corrected chi connectivity index (χ0v) is 10.3. The maximum Gasteiger partial charge on any atom is 0.337 e. The van der Waals surface area contributed by atoms with Gasteiger partial charge in [-0.15, -0.1) is 0 Å². The van der Waals surface area contributed by atoms with Crippen molar-refractivity contribution in [1.29, 1.82) is 0 Å². The number of ether oxygens (including phenoxy) is 2. The molecule has 0 bridgehead atoms. The maximum absolute atomic E-state index is 11.1. The Morgan fingerprint density at radius 1 is 1.62 bits per heavy atom. The van der Waals surface area contributed by atoms with Crippen LogP contribution in [0.5, 0.6) is 5.75 Å². The van der Waals surface area contributed by atoms with Crippen LogP contribution in [0.3, 0.4) is 0 Å². The van der Waals surface area contributed by atoms with Gasteiger partial charge in [-0.25, -0.2) is 4.79 Å². The Bertz CT molecular complexity index is 430. The molecular weight excluding hydrogens is 276 g/mol. The van der Waals surface area contributed by atoms with E-state index < -0.39 is 12.1 Å². The molecule has 2 rings (SSSR count). The molecule has 1 unspecified atom stereocenters. The second-order valence-corrected chi connectivity index (χ2v) is 4.34. The molecule has 16 heavy (non-hydrogen) atoms. The van der Waals surface area contributed by atoms with Crippen LogP contribution in [-0.2, 0) is 16.0 Å². The molecule has 5 heteroatoms. The van der Waals surface area contributed by atoms with Gasteiger partial charge in [-0.1, -0.05) is 15.9 Å². The van der Waals surface area contributed by atoms with Crippen LogP contribution < -0.4 is 4.74 Å². The Kier molecular flexibility index (Phi) is 3.16. The summed E-state index contributed by atoms with van der Waals surface area (Å²) in [7, 11) is 1.52. The number of fused-ring (bicyclic) bond motifs is 1. The highest BCUT2D eigenvalue weighted by Gasteiger charge is 2.31. The average Bonchev–Trinajstić information content (AvgIpc) is 2.29. The normalized spacial score (nSPS) is 19.0. The van der Waals surface area contributed by atoms with Crippen molar-refractivity contribution in [3.05, 3.63) is 27.7 Å². The molecule has 0 saturated heterocycles. The number of hydrogen-bond donors (Lipinski definition) is 1. The number of methoxy groups -OCH3 is 1. The Hall–Kier alpha value is -1.07. The molecule has 1 aromatic carbocycles. The second-order valence-electron chi connectivity index (χ2n) is 3.48. The Morgan fingerprint density at radius 3 is 3.00 bits per heavy atom. The number of aliphatic carboxylic acids is 1. The van der Waals surface area contributed by atoms with E-state index in [-0.39, 0.29) is 0 Å². The first kappa shape index (κ1) is 11.4. The van der Waals surface area contributed by atoms with Crippen molar-refractivity contribution in [3.8, 4) is 5.75 Å². The zero-order chi connectivity index (χ0) is 11.7. The number of carboxylic acid groups (broad SMARTS) is 1. The van der Waals surface area contributed by atoms with E-state index in [9.17, 15) is 4.79 Å². The van der Waals surface area contributed by atoms with E-state index in [1.54, 1.807) is 6.07 Å². The van der Waals surface area contributed by atoms with Crippen molar-refractivity contribution in [2.75, 3.05) is 13.7 Å². The van der Waals surface area contributed by atoms with Gasteiger partial charge in [-0.3, -0.25) is 0 Å². The number of rotatable bonds is 2. The van der Waals surface area contributed by atoms with Gasteiger partial charge in [0.2, 0.25) is 0 Å². The molecule has 86 valence electrons. The minimum atomic E-state index is -0.989. The molecular formula is C11H11BrO4. The molecule has 1 aliphatic rings. The summed E-state index contributed by atoms with van der Waals surface area (Å²) in [5, 5.41) is 9.10. The third-order valence-electron chi connectivity index (χ3n) is 2.60. The highest BCUT2D eigenvalue weighted by molar-refractivity contribution is 9.10. The molecule has 0 aliphatic carbocycles. The molecule has 1 aliphatic heterocycles. The first-order valence-corrected chi connectivity index (χ1v) is 5.64. The van der Waals surface area contributed by atoms with E-state index in [4.69, 9.17) is 14.6 Å². The van der Waals surface area contributed by atoms with E-state index in [1.807, 2.05) is 6.07 Å². The number of carboxylic acids is 1. The summed E-state index contributed by atoms with van der Waals surface area (Å²) in [5.74, 6) is -0.428. The van der Waals surface area contributed by atoms with Crippen molar-refractivity contribution < 1.29 is 19.4 Å². The fraction of sp³-hybridized carbons (Fsp3) is 0.364. The van der Waals surface area contributed by atoms with Gasteiger partial charge in [-0.05, 0) is 24.1 Å². The van der Waals surface area contributed by atoms with Crippen LogP contribution >= 0.6 is 15.9 Å². The lowest BCUT2D eigenvalue weighted by atomic mass is 9.96. The molecule has 0 spiro atoms. The van der Waals surface area contributed by atoms with Crippen molar-refractivity contribution in [2.45, 2.75) is 12.5 Å². The standard InChI is InChI=1S/C11H11BrO4/c1-15-8-3-2-7(12)6-4-5-16-10(9(6)8)11(13)14/h2-3,10H,4-5H2,1H3,(H,13,14). The molecule has 1 atom stereocenters. The van der Waals surface area contributed by atoms with Crippen LogP contribution in [0.15, 0.2) is 16.6 Å². The predicted molar refractivity (Wildman–Crippen MR) is 60.7 cm³/mol. The highest BCUT2D eigenvalue weighted by Crippen LogP contribution is 2.38. The number of benzene rings is 1. The zero-order valence-electron chi connectivity index (χ0n) is 8.70.